The number of carbonyl (C=O) groups is 1. The summed E-state index contributed by atoms with van der Waals surface area (Å²) in [5.74, 6) is 0.720. The van der Waals surface area contributed by atoms with Gasteiger partial charge in [0.15, 0.2) is 0 Å². The van der Waals surface area contributed by atoms with Crippen molar-refractivity contribution in [2.24, 2.45) is 0 Å². The van der Waals surface area contributed by atoms with Crippen LogP contribution in [0.1, 0.15) is 5.56 Å². The maximum Gasteiger partial charge on any atom is 0.236 e. The highest BCUT2D eigenvalue weighted by atomic mass is 32.2. The van der Waals surface area contributed by atoms with Gasteiger partial charge in [-0.05, 0) is 18.7 Å². The third-order valence-corrected chi connectivity index (χ3v) is 1.86. The number of aryl methyl sites for hydroxylation is 1. The van der Waals surface area contributed by atoms with Crippen LogP contribution in [-0.2, 0) is 4.79 Å². The van der Waals surface area contributed by atoms with Crippen molar-refractivity contribution in [2.75, 3.05) is 17.3 Å². The van der Waals surface area contributed by atoms with E-state index in [9.17, 15) is 4.79 Å². The lowest BCUT2D eigenvalue weighted by atomic mass is 10.4. The first-order valence-electron chi connectivity index (χ1n) is 3.80. The lowest BCUT2D eigenvalue weighted by Crippen LogP contribution is -2.15. The van der Waals surface area contributed by atoms with Gasteiger partial charge in [-0.1, -0.05) is 0 Å². The summed E-state index contributed by atoms with van der Waals surface area (Å²) in [5.41, 5.74) is 0.975. The number of aromatic nitrogens is 2. The van der Waals surface area contributed by atoms with E-state index >= 15 is 0 Å². The van der Waals surface area contributed by atoms with Crippen LogP contribution in [0.4, 0.5) is 5.95 Å². The lowest BCUT2D eigenvalue weighted by Gasteiger charge is -2.01. The quantitative estimate of drug-likeness (QED) is 0.788. The summed E-state index contributed by atoms with van der Waals surface area (Å²) in [5, 5.41) is 2.59. The molecule has 0 aliphatic heterocycles. The van der Waals surface area contributed by atoms with E-state index in [1.165, 1.54) is 11.8 Å². The molecule has 1 heterocycles. The molecular formula is C8H11N3OS. The van der Waals surface area contributed by atoms with Gasteiger partial charge in [0, 0.05) is 12.4 Å². The highest BCUT2D eigenvalue weighted by Gasteiger charge is 2.01. The molecule has 0 aliphatic rings. The van der Waals surface area contributed by atoms with E-state index < -0.39 is 0 Å². The summed E-state index contributed by atoms with van der Waals surface area (Å²) < 4.78 is 0. The van der Waals surface area contributed by atoms with Crippen LogP contribution < -0.4 is 5.32 Å². The zero-order chi connectivity index (χ0) is 9.68. The summed E-state index contributed by atoms with van der Waals surface area (Å²) >= 11 is 1.46. The van der Waals surface area contributed by atoms with Crippen molar-refractivity contribution >= 4 is 23.6 Å². The summed E-state index contributed by atoms with van der Waals surface area (Å²) in [7, 11) is 0. The van der Waals surface area contributed by atoms with Crippen molar-refractivity contribution in [1.29, 1.82) is 0 Å². The fourth-order valence-electron chi connectivity index (χ4n) is 0.749. The van der Waals surface area contributed by atoms with Crippen LogP contribution in [0.5, 0.6) is 0 Å². The second-order valence-corrected chi connectivity index (χ2v) is 3.43. The number of rotatable bonds is 3. The molecule has 1 amide bonds. The number of amides is 1. The number of anilines is 1. The maximum atomic E-state index is 11.1. The molecule has 1 rings (SSSR count). The Kier molecular flexibility index (Phi) is 3.70. The molecule has 70 valence electrons. The topological polar surface area (TPSA) is 54.9 Å². The van der Waals surface area contributed by atoms with Crippen LogP contribution in [0.3, 0.4) is 0 Å². The van der Waals surface area contributed by atoms with Gasteiger partial charge in [0.05, 0.1) is 5.75 Å². The van der Waals surface area contributed by atoms with Crippen LogP contribution in [0.2, 0.25) is 0 Å². The van der Waals surface area contributed by atoms with E-state index in [0.717, 1.165) is 5.56 Å². The van der Waals surface area contributed by atoms with Gasteiger partial charge in [0.2, 0.25) is 11.9 Å². The van der Waals surface area contributed by atoms with Crippen LogP contribution >= 0.6 is 11.8 Å². The fourth-order valence-corrected chi connectivity index (χ4v) is 1.08. The Morgan fingerprint density at radius 3 is 2.69 bits per heavy atom. The van der Waals surface area contributed by atoms with E-state index in [-0.39, 0.29) is 5.91 Å². The van der Waals surface area contributed by atoms with E-state index in [1.807, 2.05) is 13.2 Å². The van der Waals surface area contributed by atoms with E-state index in [4.69, 9.17) is 0 Å². The van der Waals surface area contributed by atoms with Gasteiger partial charge in [0.25, 0.3) is 0 Å². The van der Waals surface area contributed by atoms with Crippen molar-refractivity contribution in [2.45, 2.75) is 6.92 Å². The predicted octanol–water partition coefficient (Wildman–Crippen LogP) is 1.09. The molecule has 1 N–H and O–H groups in total. The monoisotopic (exact) mass is 197 g/mol. The molecular weight excluding hydrogens is 186 g/mol. The number of thioether (sulfide) groups is 1. The average Bonchev–Trinajstić information content (AvgIpc) is 2.09. The first-order valence-corrected chi connectivity index (χ1v) is 5.19. The molecule has 0 saturated carbocycles. The van der Waals surface area contributed by atoms with Crippen LogP contribution in [0, 0.1) is 6.92 Å². The minimum atomic E-state index is -0.0728. The summed E-state index contributed by atoms with van der Waals surface area (Å²) in [6.45, 7) is 1.90. The van der Waals surface area contributed by atoms with Gasteiger partial charge in [-0.3, -0.25) is 10.1 Å². The normalized spacial score (nSPS) is 9.69. The largest absolute Gasteiger partial charge is 0.294 e. The molecule has 1 aromatic heterocycles. The maximum absolute atomic E-state index is 11.1. The van der Waals surface area contributed by atoms with Gasteiger partial charge >= 0.3 is 0 Å². The van der Waals surface area contributed by atoms with Gasteiger partial charge in [-0.15, -0.1) is 0 Å². The van der Waals surface area contributed by atoms with Crippen molar-refractivity contribution in [1.82, 2.24) is 9.97 Å². The highest BCUT2D eigenvalue weighted by molar-refractivity contribution is 7.99. The summed E-state index contributed by atoms with van der Waals surface area (Å²) in [4.78, 5) is 19.0. The Labute approximate surface area is 81.2 Å². The van der Waals surface area contributed by atoms with Gasteiger partial charge in [-0.2, -0.15) is 11.8 Å². The van der Waals surface area contributed by atoms with E-state index in [0.29, 0.717) is 11.7 Å². The number of nitrogens with one attached hydrogen (secondary N) is 1. The van der Waals surface area contributed by atoms with Gasteiger partial charge in [-0.25, -0.2) is 9.97 Å². The molecule has 0 radical (unpaired) electrons. The first kappa shape index (κ1) is 9.98. The van der Waals surface area contributed by atoms with Crippen LogP contribution in [0.25, 0.3) is 0 Å². The Morgan fingerprint density at radius 1 is 1.54 bits per heavy atom. The van der Waals surface area contributed by atoms with E-state index in [1.54, 1.807) is 12.4 Å². The summed E-state index contributed by atoms with van der Waals surface area (Å²) in [6, 6.07) is 0. The van der Waals surface area contributed by atoms with E-state index in [2.05, 4.69) is 15.3 Å². The smallest absolute Gasteiger partial charge is 0.236 e. The molecule has 5 heteroatoms. The molecule has 13 heavy (non-hydrogen) atoms. The molecule has 0 saturated heterocycles. The third kappa shape index (κ3) is 3.42. The average molecular weight is 197 g/mol. The fraction of sp³-hybridized carbons (Fsp3) is 0.375. The van der Waals surface area contributed by atoms with Crippen molar-refractivity contribution < 1.29 is 4.79 Å². The molecule has 0 spiro atoms. The molecule has 0 fully saturated rings. The Balaban J connectivity index is 2.54. The SMILES string of the molecule is CSCC(=O)Nc1ncc(C)cn1. The van der Waals surface area contributed by atoms with Crippen molar-refractivity contribution in [3.8, 4) is 0 Å². The first-order chi connectivity index (χ1) is 6.22. The zero-order valence-electron chi connectivity index (χ0n) is 7.57. The van der Waals surface area contributed by atoms with Crippen molar-refractivity contribution in [3.63, 3.8) is 0 Å². The van der Waals surface area contributed by atoms with Crippen molar-refractivity contribution in [3.05, 3.63) is 18.0 Å². The minimum Gasteiger partial charge on any atom is -0.294 e. The summed E-state index contributed by atoms with van der Waals surface area (Å²) in [6.07, 6.45) is 5.21. The molecule has 1 aromatic rings. The van der Waals surface area contributed by atoms with Gasteiger partial charge < -0.3 is 0 Å². The molecule has 4 nitrogen and oxygen atoms in total. The molecule has 0 atom stereocenters. The number of carbonyl (C=O) groups excluding carboxylic acids is 1. The Morgan fingerprint density at radius 2 is 2.15 bits per heavy atom. The minimum absolute atomic E-state index is 0.0728. The molecule has 0 aromatic carbocycles. The number of hydrogen-bond donors (Lipinski definition) is 1. The second-order valence-electron chi connectivity index (χ2n) is 2.57. The lowest BCUT2D eigenvalue weighted by molar-refractivity contribution is -0.113. The number of nitrogens with zero attached hydrogens (tertiary/aromatic N) is 2. The molecule has 0 bridgehead atoms. The standard InChI is InChI=1S/C8H11N3OS/c1-6-3-9-8(10-4-6)11-7(12)5-13-2/h3-4H,5H2,1-2H3,(H,9,10,11,12). The predicted molar refractivity (Wildman–Crippen MR) is 53.8 cm³/mol. The number of hydrogen-bond acceptors (Lipinski definition) is 4. The highest BCUT2D eigenvalue weighted by Crippen LogP contribution is 1.99. The van der Waals surface area contributed by atoms with Crippen LogP contribution in [-0.4, -0.2) is 27.9 Å². The Hall–Kier alpha value is -1.10. The third-order valence-electron chi connectivity index (χ3n) is 1.31. The van der Waals surface area contributed by atoms with Crippen LogP contribution in [0.15, 0.2) is 12.4 Å². The second kappa shape index (κ2) is 4.81. The molecule has 0 aliphatic carbocycles. The molecule has 0 unspecified atom stereocenters. The Bertz CT molecular complexity index is 286. The zero-order valence-corrected chi connectivity index (χ0v) is 8.39. The van der Waals surface area contributed by atoms with Gasteiger partial charge in [0.1, 0.15) is 0 Å².